The molecule has 1 aromatic rings. The summed E-state index contributed by atoms with van der Waals surface area (Å²) in [6, 6.07) is 10.3. The summed E-state index contributed by atoms with van der Waals surface area (Å²) in [5.41, 5.74) is 6.96. The number of ketones is 1. The van der Waals surface area contributed by atoms with Crippen molar-refractivity contribution < 1.29 is 19.8 Å². The van der Waals surface area contributed by atoms with E-state index < -0.39 is 23.3 Å². The zero-order valence-corrected chi connectivity index (χ0v) is 18.6. The van der Waals surface area contributed by atoms with Crippen LogP contribution in [0.25, 0.3) is 0 Å². The van der Waals surface area contributed by atoms with Crippen LogP contribution in [-0.4, -0.2) is 58.1 Å². The lowest BCUT2D eigenvalue weighted by Crippen LogP contribution is -2.53. The van der Waals surface area contributed by atoms with E-state index >= 15 is 0 Å². The summed E-state index contributed by atoms with van der Waals surface area (Å²) in [4.78, 5) is 26.3. The molecule has 7 nitrogen and oxygen atoms in total. The molecule has 0 amide bonds. The number of carboxylic acid groups (broad SMARTS) is 1. The lowest BCUT2D eigenvalue weighted by atomic mass is 9.66. The van der Waals surface area contributed by atoms with Crippen molar-refractivity contribution in [3.05, 3.63) is 35.9 Å². The maximum absolute atomic E-state index is 12.5. The Hall–Kier alpha value is -1.80. The second-order valence-electron chi connectivity index (χ2n) is 10.2. The number of Topliss-reactive ketones (excluding diaryl/α,β-unsaturated/α-hetero) is 1. The molecule has 1 heterocycles. The number of aliphatic carboxylic acids is 1. The Morgan fingerprint density at radius 3 is 2.26 bits per heavy atom. The first-order chi connectivity index (χ1) is 14.7. The Bertz CT molecular complexity index is 813. The van der Waals surface area contributed by atoms with Crippen LogP contribution in [0.2, 0.25) is 0 Å². The van der Waals surface area contributed by atoms with Crippen LogP contribution in [0.4, 0.5) is 0 Å². The first-order valence-electron chi connectivity index (χ1n) is 11.4. The molecule has 1 aliphatic heterocycles. The number of hydrogen-bond donors (Lipinski definition) is 4. The molecule has 170 valence electrons. The van der Waals surface area contributed by atoms with Crippen LogP contribution >= 0.6 is 0 Å². The second-order valence-corrected chi connectivity index (χ2v) is 10.2. The fourth-order valence-electron chi connectivity index (χ4n) is 6.00. The van der Waals surface area contributed by atoms with Crippen LogP contribution in [0, 0.1) is 5.92 Å². The highest BCUT2D eigenvalue weighted by Crippen LogP contribution is 2.48. The van der Waals surface area contributed by atoms with Gasteiger partial charge in [-0.2, -0.15) is 0 Å². The average Bonchev–Trinajstić information content (AvgIpc) is 3.15. The Morgan fingerprint density at radius 1 is 1.10 bits per heavy atom. The van der Waals surface area contributed by atoms with Crippen molar-refractivity contribution in [1.82, 2.24) is 15.8 Å². The molecule has 3 aliphatic rings. The lowest BCUT2D eigenvalue weighted by Gasteiger charge is -2.49. The second kappa shape index (κ2) is 8.28. The summed E-state index contributed by atoms with van der Waals surface area (Å²) < 4.78 is 0. The molecule has 0 aromatic heterocycles. The third kappa shape index (κ3) is 4.16. The third-order valence-electron chi connectivity index (χ3n) is 8.25. The predicted molar refractivity (Wildman–Crippen MR) is 117 cm³/mol. The van der Waals surface area contributed by atoms with E-state index in [0.717, 1.165) is 32.1 Å². The maximum atomic E-state index is 12.5. The predicted octanol–water partition coefficient (Wildman–Crippen LogP) is 2.20. The number of nitrogens with zero attached hydrogens (tertiary/aromatic N) is 1. The van der Waals surface area contributed by atoms with Crippen molar-refractivity contribution in [2.75, 3.05) is 14.1 Å². The first kappa shape index (κ1) is 22.4. The summed E-state index contributed by atoms with van der Waals surface area (Å²) in [6.07, 6.45) is 6.96. The number of carbonyl (C=O) groups excluding carboxylic acids is 1. The number of nitrogens with one attached hydrogen (secondary N) is 2. The monoisotopic (exact) mass is 429 g/mol. The molecule has 2 aliphatic carbocycles. The van der Waals surface area contributed by atoms with Gasteiger partial charge in [-0.3, -0.25) is 20.5 Å². The van der Waals surface area contributed by atoms with Crippen LogP contribution in [0.15, 0.2) is 30.3 Å². The van der Waals surface area contributed by atoms with Crippen molar-refractivity contribution in [2.24, 2.45) is 5.92 Å². The van der Waals surface area contributed by atoms with Gasteiger partial charge in [-0.05, 0) is 77.4 Å². The van der Waals surface area contributed by atoms with Gasteiger partial charge in [0.1, 0.15) is 0 Å². The molecule has 4 N–H and O–H groups in total. The highest BCUT2D eigenvalue weighted by molar-refractivity contribution is 6.33. The summed E-state index contributed by atoms with van der Waals surface area (Å²) in [7, 11) is 4.27. The SMILES string of the molecule is CN(C)C1(c2ccccc2)CCC2(CC1)C[C@@H](C(CC1(O)CCC1)C(=O)C(=O)O)NN2. The fraction of sp³-hybridized carbons (Fsp3) is 0.667. The van der Waals surface area contributed by atoms with Crippen molar-refractivity contribution in [3.63, 3.8) is 0 Å². The quantitative estimate of drug-likeness (QED) is 0.493. The lowest BCUT2D eigenvalue weighted by molar-refractivity contribution is -0.153. The Kier molecular flexibility index (Phi) is 5.98. The van der Waals surface area contributed by atoms with Gasteiger partial charge in [0.15, 0.2) is 0 Å². The summed E-state index contributed by atoms with van der Waals surface area (Å²) in [5, 5.41) is 20.0. The zero-order valence-electron chi connectivity index (χ0n) is 18.6. The summed E-state index contributed by atoms with van der Waals surface area (Å²) >= 11 is 0. The Morgan fingerprint density at radius 2 is 1.74 bits per heavy atom. The number of carbonyl (C=O) groups is 2. The van der Waals surface area contributed by atoms with E-state index in [9.17, 15) is 19.8 Å². The van der Waals surface area contributed by atoms with E-state index in [-0.39, 0.29) is 23.5 Å². The maximum Gasteiger partial charge on any atom is 0.372 e. The van der Waals surface area contributed by atoms with Crippen LogP contribution in [-0.2, 0) is 15.1 Å². The van der Waals surface area contributed by atoms with Crippen molar-refractivity contribution in [2.45, 2.75) is 80.5 Å². The summed E-state index contributed by atoms with van der Waals surface area (Å²) in [5.74, 6) is -2.92. The molecule has 1 aromatic carbocycles. The molecule has 31 heavy (non-hydrogen) atoms. The van der Waals surface area contributed by atoms with E-state index in [1.807, 2.05) is 6.07 Å². The highest BCUT2D eigenvalue weighted by atomic mass is 16.4. The minimum Gasteiger partial charge on any atom is -0.475 e. The number of rotatable bonds is 7. The van der Waals surface area contributed by atoms with Crippen molar-refractivity contribution in [1.29, 1.82) is 0 Å². The van der Waals surface area contributed by atoms with E-state index in [1.165, 1.54) is 5.56 Å². The molecule has 4 rings (SSSR count). The van der Waals surface area contributed by atoms with Gasteiger partial charge in [0.05, 0.1) is 5.60 Å². The molecule has 3 fully saturated rings. The van der Waals surface area contributed by atoms with Crippen LogP contribution in [0.3, 0.4) is 0 Å². The van der Waals surface area contributed by atoms with Gasteiger partial charge >= 0.3 is 5.97 Å². The number of carboxylic acids is 1. The van der Waals surface area contributed by atoms with Gasteiger partial charge in [-0.25, -0.2) is 4.79 Å². The molecule has 7 heteroatoms. The van der Waals surface area contributed by atoms with Gasteiger partial charge in [-0.1, -0.05) is 30.3 Å². The third-order valence-corrected chi connectivity index (χ3v) is 8.25. The van der Waals surface area contributed by atoms with Crippen LogP contribution in [0.1, 0.15) is 63.4 Å². The molecular weight excluding hydrogens is 394 g/mol. The first-order valence-corrected chi connectivity index (χ1v) is 11.4. The van der Waals surface area contributed by atoms with E-state index in [2.05, 4.69) is 54.1 Å². The molecule has 0 bridgehead atoms. The van der Waals surface area contributed by atoms with Gasteiger partial charge in [0.25, 0.3) is 0 Å². The fourth-order valence-corrected chi connectivity index (χ4v) is 6.00. The molecule has 2 atom stereocenters. The minimum atomic E-state index is -1.41. The highest BCUT2D eigenvalue weighted by Gasteiger charge is 2.52. The van der Waals surface area contributed by atoms with Crippen LogP contribution in [0.5, 0.6) is 0 Å². The number of hydrogen-bond acceptors (Lipinski definition) is 6. The van der Waals surface area contributed by atoms with Gasteiger partial charge in [0, 0.05) is 23.0 Å². The van der Waals surface area contributed by atoms with Crippen molar-refractivity contribution >= 4 is 11.8 Å². The normalized spacial score (nSPS) is 33.2. The topological polar surface area (TPSA) is 102 Å². The van der Waals surface area contributed by atoms with E-state index in [4.69, 9.17) is 0 Å². The smallest absolute Gasteiger partial charge is 0.372 e. The Labute approximate surface area is 184 Å². The van der Waals surface area contributed by atoms with E-state index in [0.29, 0.717) is 19.3 Å². The van der Waals surface area contributed by atoms with Gasteiger partial charge < -0.3 is 10.2 Å². The molecule has 1 saturated heterocycles. The average molecular weight is 430 g/mol. The molecule has 0 radical (unpaired) electrons. The van der Waals surface area contributed by atoms with Gasteiger partial charge in [0.2, 0.25) is 5.78 Å². The number of benzene rings is 1. The summed E-state index contributed by atoms with van der Waals surface area (Å²) in [6.45, 7) is 0. The van der Waals surface area contributed by atoms with Crippen molar-refractivity contribution in [3.8, 4) is 0 Å². The zero-order chi connectivity index (χ0) is 22.3. The minimum absolute atomic E-state index is 0.0242. The van der Waals surface area contributed by atoms with Crippen LogP contribution < -0.4 is 10.9 Å². The number of aliphatic hydroxyl groups is 1. The van der Waals surface area contributed by atoms with E-state index in [1.54, 1.807) is 0 Å². The molecule has 1 spiro atoms. The Balaban J connectivity index is 1.48. The largest absolute Gasteiger partial charge is 0.475 e. The standard InChI is InChI=1S/C24H35N3O4/c1-27(2)24(17-7-4-3-5-8-17)13-11-22(12-14-24)16-19(25-26-22)18(20(28)21(29)30)15-23(31)9-6-10-23/h3-5,7-8,18-19,25-26,31H,6,9-16H2,1-2H3,(H,29,30)/t18?,19-,22?,24?/m0/s1. The molecule has 2 saturated carbocycles. The van der Waals surface area contributed by atoms with Gasteiger partial charge in [-0.15, -0.1) is 0 Å². The number of hydrazine groups is 1. The molecular formula is C24H35N3O4. The molecule has 1 unspecified atom stereocenters.